The molecular formula is C14H18F2N2O2. The standard InChI is InChI=1S/C14H18F2N2O2/c1-8(17)9-4-6-18(7-5-9)11-3-2-10(14(19)20)12(15)13(11)16/h2-3,8-9H,4-7,17H2,1H3,(H,19,20). The molecule has 4 nitrogen and oxygen atoms in total. The highest BCUT2D eigenvalue weighted by Crippen LogP contribution is 2.29. The molecule has 1 unspecified atom stereocenters. The van der Waals surface area contributed by atoms with Crippen LogP contribution in [0.3, 0.4) is 0 Å². The number of aromatic carboxylic acids is 1. The maximum atomic E-state index is 14.0. The number of rotatable bonds is 3. The van der Waals surface area contributed by atoms with Gasteiger partial charge in [-0.25, -0.2) is 13.6 Å². The molecule has 3 N–H and O–H groups in total. The van der Waals surface area contributed by atoms with Gasteiger partial charge < -0.3 is 15.7 Å². The summed E-state index contributed by atoms with van der Waals surface area (Å²) < 4.78 is 27.6. The fourth-order valence-electron chi connectivity index (χ4n) is 2.61. The van der Waals surface area contributed by atoms with Crippen molar-refractivity contribution in [3.63, 3.8) is 0 Å². The number of hydrogen-bond donors (Lipinski definition) is 2. The van der Waals surface area contributed by atoms with Crippen molar-refractivity contribution in [3.8, 4) is 0 Å². The molecule has 1 fully saturated rings. The number of benzene rings is 1. The minimum atomic E-state index is -1.47. The fourth-order valence-corrected chi connectivity index (χ4v) is 2.61. The van der Waals surface area contributed by atoms with Crippen LogP contribution in [0.5, 0.6) is 0 Å². The lowest BCUT2D eigenvalue weighted by Gasteiger charge is -2.35. The Kier molecular flexibility index (Phi) is 4.23. The van der Waals surface area contributed by atoms with Crippen LogP contribution in [-0.2, 0) is 0 Å². The summed E-state index contributed by atoms with van der Waals surface area (Å²) in [6, 6.07) is 2.52. The van der Waals surface area contributed by atoms with Crippen molar-refractivity contribution >= 4 is 11.7 Å². The zero-order valence-electron chi connectivity index (χ0n) is 11.3. The van der Waals surface area contributed by atoms with E-state index < -0.39 is 23.2 Å². The molecular weight excluding hydrogens is 266 g/mol. The highest BCUT2D eigenvalue weighted by atomic mass is 19.2. The second-order valence-corrected chi connectivity index (χ2v) is 5.25. The molecule has 1 aliphatic rings. The Hall–Kier alpha value is -1.69. The molecule has 0 aliphatic carbocycles. The fraction of sp³-hybridized carbons (Fsp3) is 0.500. The van der Waals surface area contributed by atoms with E-state index in [4.69, 9.17) is 10.8 Å². The van der Waals surface area contributed by atoms with E-state index in [1.165, 1.54) is 6.07 Å². The summed E-state index contributed by atoms with van der Waals surface area (Å²) in [5.41, 5.74) is 5.32. The molecule has 0 radical (unpaired) electrons. The van der Waals surface area contributed by atoms with Gasteiger partial charge in [-0.15, -0.1) is 0 Å². The second-order valence-electron chi connectivity index (χ2n) is 5.25. The summed E-state index contributed by atoms with van der Waals surface area (Å²) in [5.74, 6) is -3.48. The number of nitrogens with zero attached hydrogens (tertiary/aromatic N) is 1. The summed E-state index contributed by atoms with van der Waals surface area (Å²) in [6.45, 7) is 3.13. The average molecular weight is 284 g/mol. The van der Waals surface area contributed by atoms with E-state index in [0.717, 1.165) is 18.9 Å². The molecule has 0 bridgehead atoms. The number of carboxylic acids is 1. The average Bonchev–Trinajstić information content (AvgIpc) is 2.41. The quantitative estimate of drug-likeness (QED) is 0.893. The van der Waals surface area contributed by atoms with E-state index in [2.05, 4.69) is 0 Å². The first-order valence-corrected chi connectivity index (χ1v) is 6.63. The SMILES string of the molecule is CC(N)C1CCN(c2ccc(C(=O)O)c(F)c2F)CC1. The molecule has 0 aromatic heterocycles. The minimum Gasteiger partial charge on any atom is -0.478 e. The Morgan fingerprint density at radius 1 is 1.35 bits per heavy atom. The van der Waals surface area contributed by atoms with Crippen LogP contribution >= 0.6 is 0 Å². The Labute approximate surface area is 116 Å². The van der Waals surface area contributed by atoms with Gasteiger partial charge in [0, 0.05) is 19.1 Å². The molecule has 0 amide bonds. The molecule has 1 heterocycles. The predicted octanol–water partition coefficient (Wildman–Crippen LogP) is 2.23. The van der Waals surface area contributed by atoms with Gasteiger partial charge in [0.15, 0.2) is 11.6 Å². The van der Waals surface area contributed by atoms with Crippen molar-refractivity contribution in [3.05, 3.63) is 29.3 Å². The van der Waals surface area contributed by atoms with Gasteiger partial charge in [0.1, 0.15) is 0 Å². The number of piperidine rings is 1. The van der Waals surface area contributed by atoms with Gasteiger partial charge in [0.05, 0.1) is 11.3 Å². The van der Waals surface area contributed by atoms with Crippen LogP contribution in [0.25, 0.3) is 0 Å². The molecule has 0 spiro atoms. The van der Waals surface area contributed by atoms with Crippen molar-refractivity contribution in [1.29, 1.82) is 0 Å². The second kappa shape index (κ2) is 5.75. The largest absolute Gasteiger partial charge is 0.478 e. The van der Waals surface area contributed by atoms with Crippen molar-refractivity contribution in [1.82, 2.24) is 0 Å². The third-order valence-electron chi connectivity index (χ3n) is 3.92. The summed E-state index contributed by atoms with van der Waals surface area (Å²) in [5, 5.41) is 8.75. The number of halogens is 2. The van der Waals surface area contributed by atoms with Crippen LogP contribution in [-0.4, -0.2) is 30.2 Å². The van der Waals surface area contributed by atoms with E-state index in [1.54, 1.807) is 4.90 Å². The van der Waals surface area contributed by atoms with Crippen molar-refractivity contribution in [2.45, 2.75) is 25.8 Å². The third-order valence-corrected chi connectivity index (χ3v) is 3.92. The van der Waals surface area contributed by atoms with E-state index in [0.29, 0.717) is 19.0 Å². The maximum Gasteiger partial charge on any atom is 0.338 e. The summed E-state index contributed by atoms with van der Waals surface area (Å²) in [6.07, 6.45) is 1.64. The number of anilines is 1. The summed E-state index contributed by atoms with van der Waals surface area (Å²) >= 11 is 0. The molecule has 2 rings (SSSR count). The van der Waals surface area contributed by atoms with Crippen LogP contribution in [0, 0.1) is 17.6 Å². The minimum absolute atomic E-state index is 0.0909. The smallest absolute Gasteiger partial charge is 0.338 e. The first-order valence-electron chi connectivity index (χ1n) is 6.63. The number of hydrogen-bond acceptors (Lipinski definition) is 3. The van der Waals surface area contributed by atoms with Crippen LogP contribution in [0.4, 0.5) is 14.5 Å². The van der Waals surface area contributed by atoms with Crippen molar-refractivity contribution in [2.75, 3.05) is 18.0 Å². The zero-order chi connectivity index (χ0) is 14.9. The van der Waals surface area contributed by atoms with Gasteiger partial charge in [0.25, 0.3) is 0 Å². The molecule has 0 saturated carbocycles. The van der Waals surface area contributed by atoms with Crippen LogP contribution in [0.2, 0.25) is 0 Å². The van der Waals surface area contributed by atoms with Gasteiger partial charge in [-0.05, 0) is 37.8 Å². The van der Waals surface area contributed by atoms with E-state index in [1.807, 2.05) is 6.92 Å². The monoisotopic (exact) mass is 284 g/mol. The van der Waals surface area contributed by atoms with Crippen molar-refractivity contribution in [2.24, 2.45) is 11.7 Å². The molecule has 110 valence electrons. The number of nitrogens with two attached hydrogens (primary N) is 1. The summed E-state index contributed by atoms with van der Waals surface area (Å²) in [7, 11) is 0. The number of carboxylic acid groups (broad SMARTS) is 1. The topological polar surface area (TPSA) is 66.6 Å². The lowest BCUT2D eigenvalue weighted by molar-refractivity contribution is 0.0690. The maximum absolute atomic E-state index is 14.0. The van der Waals surface area contributed by atoms with Gasteiger partial charge in [-0.3, -0.25) is 0 Å². The molecule has 1 aliphatic heterocycles. The Bertz CT molecular complexity index is 512. The highest BCUT2D eigenvalue weighted by molar-refractivity contribution is 5.88. The molecule has 1 aromatic carbocycles. The lowest BCUT2D eigenvalue weighted by atomic mass is 9.90. The normalized spacial score (nSPS) is 18.1. The molecule has 20 heavy (non-hydrogen) atoms. The van der Waals surface area contributed by atoms with Gasteiger partial charge >= 0.3 is 5.97 Å². The van der Waals surface area contributed by atoms with Crippen LogP contribution < -0.4 is 10.6 Å². The number of carbonyl (C=O) groups is 1. The van der Waals surface area contributed by atoms with E-state index in [9.17, 15) is 13.6 Å². The molecule has 1 saturated heterocycles. The van der Waals surface area contributed by atoms with Gasteiger partial charge in [-0.1, -0.05) is 0 Å². The van der Waals surface area contributed by atoms with Gasteiger partial charge in [-0.2, -0.15) is 0 Å². The Morgan fingerprint density at radius 3 is 2.45 bits per heavy atom. The molecule has 1 aromatic rings. The zero-order valence-corrected chi connectivity index (χ0v) is 11.3. The van der Waals surface area contributed by atoms with Crippen molar-refractivity contribution < 1.29 is 18.7 Å². The third kappa shape index (κ3) is 2.75. The predicted molar refractivity (Wildman–Crippen MR) is 71.9 cm³/mol. The van der Waals surface area contributed by atoms with Crippen LogP contribution in [0.15, 0.2) is 12.1 Å². The first-order chi connectivity index (χ1) is 9.41. The van der Waals surface area contributed by atoms with Crippen LogP contribution in [0.1, 0.15) is 30.1 Å². The summed E-state index contributed by atoms with van der Waals surface area (Å²) in [4.78, 5) is 12.5. The molecule has 1 atom stereocenters. The molecule has 6 heteroatoms. The van der Waals surface area contributed by atoms with Gasteiger partial charge in [0.2, 0.25) is 0 Å². The van der Waals surface area contributed by atoms with E-state index in [-0.39, 0.29) is 11.7 Å². The lowest BCUT2D eigenvalue weighted by Crippen LogP contribution is -2.40. The first kappa shape index (κ1) is 14.7. The Morgan fingerprint density at radius 2 is 1.95 bits per heavy atom. The Balaban J connectivity index is 2.19. The van der Waals surface area contributed by atoms with E-state index >= 15 is 0 Å². The highest BCUT2D eigenvalue weighted by Gasteiger charge is 2.26.